The van der Waals surface area contributed by atoms with Crippen LogP contribution in [0.25, 0.3) is 0 Å². The molecule has 3 saturated heterocycles. The van der Waals surface area contributed by atoms with E-state index in [2.05, 4.69) is 25.5 Å². The zero-order valence-electron chi connectivity index (χ0n) is 14.8. The normalized spacial score (nSPS) is 26.6. The second kappa shape index (κ2) is 7.25. The van der Waals surface area contributed by atoms with Crippen LogP contribution < -0.4 is 15.5 Å². The van der Waals surface area contributed by atoms with E-state index >= 15 is 0 Å². The monoisotopic (exact) mass is 344 g/mol. The van der Waals surface area contributed by atoms with E-state index in [4.69, 9.17) is 0 Å². The standard InChI is InChI=1S/C18H28N6O/c25-16(15-13-18(14-22-15)3-7-19-8-4-18)23-9-2-10-24(12-11-23)17-20-5-1-6-21-17/h1,5-6,15,19,22H,2-4,7-14H2/t15-/m0/s1. The Balaban J connectivity index is 1.35. The number of nitrogens with zero attached hydrogens (tertiary/aromatic N) is 4. The highest BCUT2D eigenvalue weighted by atomic mass is 16.2. The maximum atomic E-state index is 13.0. The van der Waals surface area contributed by atoms with Crippen LogP contribution in [0.15, 0.2) is 18.5 Å². The number of carbonyl (C=O) groups excluding carboxylic acids is 1. The lowest BCUT2D eigenvalue weighted by Crippen LogP contribution is -2.45. The van der Waals surface area contributed by atoms with Gasteiger partial charge in [-0.25, -0.2) is 9.97 Å². The molecule has 7 heteroatoms. The zero-order chi connectivity index (χ0) is 17.1. The summed E-state index contributed by atoms with van der Waals surface area (Å²) in [6.45, 7) is 6.44. The van der Waals surface area contributed by atoms with Crippen molar-refractivity contribution < 1.29 is 4.79 Å². The average molecular weight is 344 g/mol. The lowest BCUT2D eigenvalue weighted by atomic mass is 9.77. The van der Waals surface area contributed by atoms with E-state index in [1.54, 1.807) is 12.4 Å². The first kappa shape index (κ1) is 16.7. The van der Waals surface area contributed by atoms with Crippen LogP contribution in [0.3, 0.4) is 0 Å². The van der Waals surface area contributed by atoms with Gasteiger partial charge in [-0.3, -0.25) is 4.79 Å². The van der Waals surface area contributed by atoms with Gasteiger partial charge >= 0.3 is 0 Å². The number of piperidine rings is 1. The Hall–Kier alpha value is -1.73. The molecule has 0 bridgehead atoms. The number of anilines is 1. The van der Waals surface area contributed by atoms with Crippen LogP contribution in [0.4, 0.5) is 5.95 Å². The Morgan fingerprint density at radius 3 is 2.72 bits per heavy atom. The summed E-state index contributed by atoms with van der Waals surface area (Å²) in [4.78, 5) is 25.9. The fraction of sp³-hybridized carbons (Fsp3) is 0.722. The maximum Gasteiger partial charge on any atom is 0.239 e. The molecule has 3 fully saturated rings. The van der Waals surface area contributed by atoms with Gasteiger partial charge in [0, 0.05) is 45.1 Å². The third-order valence-electron chi connectivity index (χ3n) is 5.97. The molecule has 25 heavy (non-hydrogen) atoms. The first-order valence-electron chi connectivity index (χ1n) is 9.51. The van der Waals surface area contributed by atoms with Gasteiger partial charge in [0.15, 0.2) is 0 Å². The molecule has 0 aromatic carbocycles. The first-order valence-corrected chi connectivity index (χ1v) is 9.51. The summed E-state index contributed by atoms with van der Waals surface area (Å²) in [7, 11) is 0. The van der Waals surface area contributed by atoms with Crippen molar-refractivity contribution in [1.29, 1.82) is 0 Å². The zero-order valence-corrected chi connectivity index (χ0v) is 14.8. The molecule has 0 unspecified atom stereocenters. The van der Waals surface area contributed by atoms with Crippen molar-refractivity contribution >= 4 is 11.9 Å². The molecular weight excluding hydrogens is 316 g/mol. The van der Waals surface area contributed by atoms with Crippen LogP contribution in [-0.2, 0) is 4.79 Å². The van der Waals surface area contributed by atoms with Gasteiger partial charge in [0.2, 0.25) is 11.9 Å². The first-order chi connectivity index (χ1) is 12.3. The second-order valence-corrected chi connectivity index (χ2v) is 7.60. The molecule has 1 spiro atoms. The van der Waals surface area contributed by atoms with Crippen LogP contribution in [0.2, 0.25) is 0 Å². The molecule has 4 heterocycles. The van der Waals surface area contributed by atoms with Gasteiger partial charge in [-0.15, -0.1) is 0 Å². The summed E-state index contributed by atoms with van der Waals surface area (Å²) in [6.07, 6.45) is 7.88. The predicted octanol–water partition coefficient (Wildman–Crippen LogP) is 0.247. The Labute approximate surface area is 149 Å². The van der Waals surface area contributed by atoms with Crippen molar-refractivity contribution in [3.63, 3.8) is 0 Å². The van der Waals surface area contributed by atoms with Crippen molar-refractivity contribution in [1.82, 2.24) is 25.5 Å². The molecule has 1 aromatic heterocycles. The number of rotatable bonds is 2. The average Bonchev–Trinajstić information content (AvgIpc) is 2.91. The Morgan fingerprint density at radius 1 is 1.12 bits per heavy atom. The van der Waals surface area contributed by atoms with Gasteiger partial charge in [-0.1, -0.05) is 0 Å². The van der Waals surface area contributed by atoms with Crippen molar-refractivity contribution in [2.24, 2.45) is 5.41 Å². The van der Waals surface area contributed by atoms with E-state index < -0.39 is 0 Å². The number of amides is 1. The van der Waals surface area contributed by atoms with Crippen LogP contribution in [-0.4, -0.2) is 72.6 Å². The van der Waals surface area contributed by atoms with Gasteiger partial charge in [-0.05, 0) is 50.3 Å². The molecule has 136 valence electrons. The van der Waals surface area contributed by atoms with E-state index in [0.29, 0.717) is 5.41 Å². The summed E-state index contributed by atoms with van der Waals surface area (Å²) < 4.78 is 0. The largest absolute Gasteiger partial charge is 0.340 e. The molecule has 1 amide bonds. The molecule has 0 radical (unpaired) electrons. The molecule has 3 aliphatic heterocycles. The molecule has 0 saturated carbocycles. The lowest BCUT2D eigenvalue weighted by molar-refractivity contribution is -0.133. The molecule has 2 N–H and O–H groups in total. The topological polar surface area (TPSA) is 73.4 Å². The lowest BCUT2D eigenvalue weighted by Gasteiger charge is -2.33. The van der Waals surface area contributed by atoms with Crippen molar-refractivity contribution in [2.45, 2.75) is 31.7 Å². The van der Waals surface area contributed by atoms with E-state index in [9.17, 15) is 4.79 Å². The third-order valence-corrected chi connectivity index (χ3v) is 5.97. The van der Waals surface area contributed by atoms with Crippen molar-refractivity contribution in [3.05, 3.63) is 18.5 Å². The van der Waals surface area contributed by atoms with E-state index in [0.717, 1.165) is 64.6 Å². The Morgan fingerprint density at radius 2 is 1.92 bits per heavy atom. The van der Waals surface area contributed by atoms with Crippen LogP contribution in [0.5, 0.6) is 0 Å². The minimum atomic E-state index is -0.00220. The highest BCUT2D eigenvalue weighted by Crippen LogP contribution is 2.37. The Bertz CT molecular complexity index is 588. The molecule has 3 aliphatic rings. The number of nitrogens with one attached hydrogen (secondary N) is 2. The number of carbonyl (C=O) groups is 1. The van der Waals surface area contributed by atoms with Gasteiger partial charge in [0.25, 0.3) is 0 Å². The Kier molecular flexibility index (Phi) is 4.85. The summed E-state index contributed by atoms with van der Waals surface area (Å²) in [5.74, 6) is 1.05. The fourth-order valence-corrected chi connectivity index (χ4v) is 4.44. The highest BCUT2D eigenvalue weighted by Gasteiger charge is 2.43. The quantitative estimate of drug-likeness (QED) is 0.801. The van der Waals surface area contributed by atoms with Gasteiger partial charge < -0.3 is 20.4 Å². The smallest absolute Gasteiger partial charge is 0.239 e. The van der Waals surface area contributed by atoms with Gasteiger partial charge in [0.05, 0.1) is 6.04 Å². The summed E-state index contributed by atoms with van der Waals surface area (Å²) in [5, 5.41) is 6.95. The molecule has 1 aromatic rings. The summed E-state index contributed by atoms with van der Waals surface area (Å²) in [5.41, 5.74) is 0.335. The van der Waals surface area contributed by atoms with Crippen molar-refractivity contribution in [3.8, 4) is 0 Å². The SMILES string of the molecule is O=C([C@@H]1CC2(CCNCC2)CN1)N1CCCN(c2ncccn2)CC1. The summed E-state index contributed by atoms with van der Waals surface area (Å²) in [6, 6.07) is 1.83. The van der Waals surface area contributed by atoms with E-state index in [1.807, 2.05) is 11.0 Å². The molecule has 0 aliphatic carbocycles. The molecule has 7 nitrogen and oxygen atoms in total. The number of hydrogen-bond acceptors (Lipinski definition) is 6. The summed E-state index contributed by atoms with van der Waals surface area (Å²) >= 11 is 0. The highest BCUT2D eigenvalue weighted by molar-refractivity contribution is 5.82. The number of hydrogen-bond donors (Lipinski definition) is 2. The number of aromatic nitrogens is 2. The van der Waals surface area contributed by atoms with Gasteiger partial charge in [0.1, 0.15) is 0 Å². The van der Waals surface area contributed by atoms with E-state index in [1.165, 1.54) is 12.8 Å². The molecular formula is C18H28N6O. The minimum Gasteiger partial charge on any atom is -0.340 e. The van der Waals surface area contributed by atoms with Crippen LogP contribution in [0, 0.1) is 5.41 Å². The fourth-order valence-electron chi connectivity index (χ4n) is 4.44. The van der Waals surface area contributed by atoms with Crippen LogP contribution >= 0.6 is 0 Å². The third kappa shape index (κ3) is 3.62. The van der Waals surface area contributed by atoms with Crippen molar-refractivity contribution in [2.75, 3.05) is 50.7 Å². The minimum absolute atomic E-state index is 0.00220. The van der Waals surface area contributed by atoms with E-state index in [-0.39, 0.29) is 11.9 Å². The molecule has 1 atom stereocenters. The van der Waals surface area contributed by atoms with Gasteiger partial charge in [-0.2, -0.15) is 0 Å². The van der Waals surface area contributed by atoms with Crippen LogP contribution in [0.1, 0.15) is 25.7 Å². The maximum absolute atomic E-state index is 13.0. The molecule has 4 rings (SSSR count). The predicted molar refractivity (Wildman–Crippen MR) is 96.4 cm³/mol. The second-order valence-electron chi connectivity index (χ2n) is 7.60.